The zero-order valence-corrected chi connectivity index (χ0v) is 9.22. The highest BCUT2D eigenvalue weighted by atomic mass is 16.4. The number of rotatable bonds is 2. The van der Waals surface area contributed by atoms with Gasteiger partial charge >= 0.3 is 5.97 Å². The topological polar surface area (TPSA) is 63.3 Å². The van der Waals surface area contributed by atoms with Gasteiger partial charge in [0.05, 0.1) is 0 Å². The van der Waals surface area contributed by atoms with Gasteiger partial charge in [0.2, 0.25) is 0 Å². The maximum Gasteiger partial charge on any atom is 0.330 e. The summed E-state index contributed by atoms with van der Waals surface area (Å²) in [4.78, 5) is 10.0. The van der Waals surface area contributed by atoms with Gasteiger partial charge in [-0.15, -0.1) is 0 Å². The van der Waals surface area contributed by atoms with Gasteiger partial charge in [0, 0.05) is 11.1 Å². The summed E-state index contributed by atoms with van der Waals surface area (Å²) in [6.07, 6.45) is 2.47. The van der Waals surface area contributed by atoms with E-state index in [4.69, 9.17) is 10.8 Å². The molecule has 0 aromatic rings. The van der Waals surface area contributed by atoms with E-state index in [0.717, 1.165) is 6.42 Å². The van der Waals surface area contributed by atoms with Crippen LogP contribution in [-0.4, -0.2) is 16.6 Å². The molecule has 0 aliphatic rings. The lowest BCUT2D eigenvalue weighted by atomic mass is 10.1. The Labute approximate surface area is 80.6 Å². The van der Waals surface area contributed by atoms with Crippen LogP contribution in [0.15, 0.2) is 11.6 Å². The Morgan fingerprint density at radius 2 is 1.77 bits per heavy atom. The fourth-order valence-corrected chi connectivity index (χ4v) is 0.393. The molecule has 0 spiro atoms. The molecule has 13 heavy (non-hydrogen) atoms. The number of nitrogens with two attached hydrogens (primary N) is 1. The Balaban J connectivity index is 0. The van der Waals surface area contributed by atoms with Crippen molar-refractivity contribution in [3.05, 3.63) is 11.6 Å². The zero-order chi connectivity index (χ0) is 11.1. The predicted octanol–water partition coefficient (Wildman–Crippen LogP) is 2.17. The van der Waals surface area contributed by atoms with Gasteiger partial charge in [-0.1, -0.05) is 13.0 Å². The van der Waals surface area contributed by atoms with Crippen molar-refractivity contribution in [2.75, 3.05) is 0 Å². The molecule has 3 heteroatoms. The summed E-state index contributed by atoms with van der Waals surface area (Å²) >= 11 is 0. The van der Waals surface area contributed by atoms with Gasteiger partial charge in [-0.3, -0.25) is 0 Å². The Bertz CT molecular complexity index is 172. The van der Waals surface area contributed by atoms with Crippen LogP contribution in [0.1, 0.15) is 41.0 Å². The monoisotopic (exact) mass is 187 g/mol. The van der Waals surface area contributed by atoms with Crippen molar-refractivity contribution < 1.29 is 9.90 Å². The Kier molecular flexibility index (Phi) is 7.52. The first-order valence-corrected chi connectivity index (χ1v) is 4.37. The average Bonchev–Trinajstić information content (AvgIpc) is 1.84. The molecule has 0 amide bonds. The van der Waals surface area contributed by atoms with Crippen LogP contribution >= 0.6 is 0 Å². The van der Waals surface area contributed by atoms with Crippen LogP contribution in [0.25, 0.3) is 0 Å². The van der Waals surface area contributed by atoms with Crippen molar-refractivity contribution in [3.8, 4) is 0 Å². The highest BCUT2D eigenvalue weighted by Gasteiger charge is 1.95. The van der Waals surface area contributed by atoms with E-state index in [2.05, 4.69) is 0 Å². The summed E-state index contributed by atoms with van der Waals surface area (Å²) in [6, 6.07) is 0. The molecule has 0 aromatic carbocycles. The van der Waals surface area contributed by atoms with Crippen LogP contribution in [0.3, 0.4) is 0 Å². The number of aliphatic carboxylic acids is 1. The minimum atomic E-state index is -0.827. The number of carboxylic acids is 1. The van der Waals surface area contributed by atoms with Gasteiger partial charge in [0.25, 0.3) is 0 Å². The van der Waals surface area contributed by atoms with Crippen molar-refractivity contribution >= 4 is 5.97 Å². The molecule has 0 saturated carbocycles. The number of carboxylic acid groups (broad SMARTS) is 1. The van der Waals surface area contributed by atoms with Gasteiger partial charge in [0.15, 0.2) is 0 Å². The largest absolute Gasteiger partial charge is 0.478 e. The second-order valence-electron chi connectivity index (χ2n) is 3.97. The molecular weight excluding hydrogens is 166 g/mol. The molecule has 78 valence electrons. The molecule has 0 aliphatic heterocycles. The number of carbonyl (C=O) groups is 1. The van der Waals surface area contributed by atoms with Crippen molar-refractivity contribution in [2.24, 2.45) is 5.73 Å². The average molecular weight is 187 g/mol. The standard InChI is InChI=1S/C6H10O2.C4H11N/c1-3-4-5(2)6(7)8;1-4(2,3)5/h4H,3H2,1-2H3,(H,7,8);5H2,1-3H3. The van der Waals surface area contributed by atoms with E-state index >= 15 is 0 Å². The van der Waals surface area contributed by atoms with Crippen LogP contribution < -0.4 is 5.73 Å². The molecule has 3 N–H and O–H groups in total. The van der Waals surface area contributed by atoms with Crippen LogP contribution in [-0.2, 0) is 4.79 Å². The molecule has 0 atom stereocenters. The van der Waals surface area contributed by atoms with Crippen molar-refractivity contribution in [1.82, 2.24) is 0 Å². The lowest BCUT2D eigenvalue weighted by Gasteiger charge is -2.06. The summed E-state index contributed by atoms with van der Waals surface area (Å²) in [5, 5.41) is 8.24. The first-order valence-electron chi connectivity index (χ1n) is 4.37. The summed E-state index contributed by atoms with van der Waals surface area (Å²) < 4.78 is 0. The van der Waals surface area contributed by atoms with Crippen LogP contribution in [0.5, 0.6) is 0 Å². The van der Waals surface area contributed by atoms with E-state index in [0.29, 0.717) is 5.57 Å². The molecule has 0 bridgehead atoms. The molecule has 0 aromatic heterocycles. The Morgan fingerprint density at radius 3 is 1.85 bits per heavy atom. The maximum absolute atomic E-state index is 10.0. The SMILES string of the molecule is CC(C)(C)N.CCC=C(C)C(=O)O. The minimum Gasteiger partial charge on any atom is -0.478 e. The van der Waals surface area contributed by atoms with Gasteiger partial charge < -0.3 is 10.8 Å². The van der Waals surface area contributed by atoms with E-state index in [1.54, 1.807) is 13.0 Å². The van der Waals surface area contributed by atoms with Crippen molar-refractivity contribution in [3.63, 3.8) is 0 Å². The third-order valence-corrected chi connectivity index (χ3v) is 0.848. The zero-order valence-electron chi connectivity index (χ0n) is 9.22. The highest BCUT2D eigenvalue weighted by molar-refractivity contribution is 5.85. The third kappa shape index (κ3) is 24.7. The molecule has 0 unspecified atom stereocenters. The van der Waals surface area contributed by atoms with E-state index in [9.17, 15) is 4.79 Å². The fourth-order valence-electron chi connectivity index (χ4n) is 0.393. The first kappa shape index (κ1) is 14.7. The quantitative estimate of drug-likeness (QED) is 0.651. The van der Waals surface area contributed by atoms with Gasteiger partial charge in [0.1, 0.15) is 0 Å². The molecule has 0 fully saturated rings. The Morgan fingerprint density at radius 1 is 1.46 bits per heavy atom. The molecule has 0 rings (SSSR count). The maximum atomic E-state index is 10.0. The second-order valence-corrected chi connectivity index (χ2v) is 3.97. The Hall–Kier alpha value is -0.830. The summed E-state index contributed by atoms with van der Waals surface area (Å²) in [5.41, 5.74) is 5.78. The summed E-state index contributed by atoms with van der Waals surface area (Å²) in [5.74, 6) is -0.827. The lowest BCUT2D eigenvalue weighted by molar-refractivity contribution is -0.132. The lowest BCUT2D eigenvalue weighted by Crippen LogP contribution is -2.26. The van der Waals surface area contributed by atoms with Crippen LogP contribution in [0.2, 0.25) is 0 Å². The van der Waals surface area contributed by atoms with E-state index in [-0.39, 0.29) is 5.54 Å². The predicted molar refractivity (Wildman–Crippen MR) is 55.6 cm³/mol. The molecule has 0 saturated heterocycles. The summed E-state index contributed by atoms with van der Waals surface area (Å²) in [6.45, 7) is 9.39. The summed E-state index contributed by atoms with van der Waals surface area (Å²) in [7, 11) is 0. The molecule has 0 radical (unpaired) electrons. The van der Waals surface area contributed by atoms with E-state index in [1.165, 1.54) is 0 Å². The van der Waals surface area contributed by atoms with Crippen LogP contribution in [0, 0.1) is 0 Å². The molecule has 0 heterocycles. The van der Waals surface area contributed by atoms with E-state index < -0.39 is 5.97 Å². The van der Waals surface area contributed by atoms with E-state index in [1.807, 2.05) is 27.7 Å². The molecular formula is C10H21NO2. The van der Waals surface area contributed by atoms with Gasteiger partial charge in [-0.2, -0.15) is 0 Å². The normalized spacial score (nSPS) is 11.7. The minimum absolute atomic E-state index is 0. The van der Waals surface area contributed by atoms with Gasteiger partial charge in [-0.25, -0.2) is 4.79 Å². The van der Waals surface area contributed by atoms with Crippen LogP contribution in [0.4, 0.5) is 0 Å². The molecule has 3 nitrogen and oxygen atoms in total. The number of allylic oxidation sites excluding steroid dienone is 1. The smallest absolute Gasteiger partial charge is 0.330 e. The molecule has 0 aliphatic carbocycles. The number of hydrogen-bond acceptors (Lipinski definition) is 2. The van der Waals surface area contributed by atoms with Crippen molar-refractivity contribution in [2.45, 2.75) is 46.6 Å². The highest BCUT2D eigenvalue weighted by Crippen LogP contribution is 1.92. The first-order chi connectivity index (χ1) is 5.68. The van der Waals surface area contributed by atoms with Gasteiger partial charge in [-0.05, 0) is 34.1 Å². The fraction of sp³-hybridized carbons (Fsp3) is 0.700. The number of hydrogen-bond donors (Lipinski definition) is 2. The second kappa shape index (κ2) is 6.66. The van der Waals surface area contributed by atoms with Crippen molar-refractivity contribution in [1.29, 1.82) is 0 Å². The third-order valence-electron chi connectivity index (χ3n) is 0.848.